The smallest absolute Gasteiger partial charge is 0.159 e. The van der Waals surface area contributed by atoms with E-state index in [4.69, 9.17) is 23.8 Å². The summed E-state index contributed by atoms with van der Waals surface area (Å²) in [7, 11) is 0. The number of hydrogen-bond acceptors (Lipinski definition) is 1. The molecule has 2 N–H and O–H groups in total. The molecule has 11 heavy (non-hydrogen) atoms. The lowest BCUT2D eigenvalue weighted by Gasteiger charge is -1.99. The molecule has 1 rings (SSSR count). The molecule has 0 aromatic heterocycles. The van der Waals surface area contributed by atoms with Gasteiger partial charge in [-0.1, -0.05) is 17.5 Å². The number of rotatable bonds is 0. The zero-order valence-corrected chi connectivity index (χ0v) is 6.32. The second kappa shape index (κ2) is 2.81. The van der Waals surface area contributed by atoms with Crippen molar-refractivity contribution in [2.75, 3.05) is 5.73 Å². The Labute approximate surface area is 69.0 Å². The Morgan fingerprint density at radius 3 is 2.73 bits per heavy atom. The number of halogens is 2. The van der Waals surface area contributed by atoms with Gasteiger partial charge in [-0.15, -0.1) is 6.42 Å². The molecule has 3 heteroatoms. The van der Waals surface area contributed by atoms with Crippen LogP contribution >= 0.6 is 11.6 Å². The molecule has 0 aliphatic heterocycles. The molecule has 0 saturated carbocycles. The van der Waals surface area contributed by atoms with E-state index in [0.29, 0.717) is 0 Å². The van der Waals surface area contributed by atoms with Crippen molar-refractivity contribution < 1.29 is 4.39 Å². The molecular formula is C8H5ClFN. The second-order valence-corrected chi connectivity index (χ2v) is 2.35. The maximum Gasteiger partial charge on any atom is 0.159 e. The number of anilines is 1. The van der Waals surface area contributed by atoms with Crippen LogP contribution in [0, 0.1) is 18.2 Å². The van der Waals surface area contributed by atoms with Gasteiger partial charge in [-0.3, -0.25) is 0 Å². The third kappa shape index (κ3) is 1.28. The Balaban J connectivity index is 3.40. The molecule has 0 heterocycles. The van der Waals surface area contributed by atoms with Crippen molar-refractivity contribution in [2.24, 2.45) is 0 Å². The highest BCUT2D eigenvalue weighted by atomic mass is 35.5. The number of terminal acetylenes is 1. The minimum absolute atomic E-state index is 0.111. The predicted octanol–water partition coefficient (Wildman–Crippen LogP) is 2.04. The molecule has 0 saturated heterocycles. The summed E-state index contributed by atoms with van der Waals surface area (Å²) in [6, 6.07) is 2.89. The van der Waals surface area contributed by atoms with Crippen molar-refractivity contribution in [3.63, 3.8) is 0 Å². The molecule has 0 fully saturated rings. The monoisotopic (exact) mass is 169 g/mol. The Bertz CT molecular complexity index is 328. The zero-order valence-electron chi connectivity index (χ0n) is 5.57. The number of hydrogen-bond donors (Lipinski definition) is 1. The third-order valence-electron chi connectivity index (χ3n) is 1.27. The van der Waals surface area contributed by atoms with Crippen LogP contribution < -0.4 is 5.73 Å². The van der Waals surface area contributed by atoms with Crippen molar-refractivity contribution in [3.8, 4) is 12.3 Å². The maximum absolute atomic E-state index is 12.9. The lowest BCUT2D eigenvalue weighted by atomic mass is 10.2. The standard InChI is InChI=1S/C8H5ClFN/c1-2-5-3-4-6(11)7(9)8(5)10/h1,3-4H,11H2. The van der Waals surface area contributed by atoms with E-state index >= 15 is 0 Å². The van der Waals surface area contributed by atoms with E-state index in [9.17, 15) is 4.39 Å². The summed E-state index contributed by atoms with van der Waals surface area (Å²) in [6.45, 7) is 0. The van der Waals surface area contributed by atoms with E-state index in [1.54, 1.807) is 0 Å². The first-order chi connectivity index (χ1) is 5.16. The minimum Gasteiger partial charge on any atom is -0.397 e. The Hall–Kier alpha value is -1.20. The normalized spacial score (nSPS) is 9.18. The highest BCUT2D eigenvalue weighted by molar-refractivity contribution is 6.33. The molecule has 1 aromatic rings. The van der Waals surface area contributed by atoms with Gasteiger partial charge in [-0.2, -0.15) is 0 Å². The predicted molar refractivity (Wildman–Crippen MR) is 43.8 cm³/mol. The lowest BCUT2D eigenvalue weighted by Crippen LogP contribution is -1.91. The fourth-order valence-corrected chi connectivity index (χ4v) is 0.841. The van der Waals surface area contributed by atoms with Gasteiger partial charge in [0.05, 0.1) is 11.3 Å². The fourth-order valence-electron chi connectivity index (χ4n) is 0.676. The topological polar surface area (TPSA) is 26.0 Å². The van der Waals surface area contributed by atoms with Crippen LogP contribution in [0.5, 0.6) is 0 Å². The van der Waals surface area contributed by atoms with E-state index in [2.05, 4.69) is 5.92 Å². The molecule has 0 aliphatic carbocycles. The van der Waals surface area contributed by atoms with Gasteiger partial charge in [0.2, 0.25) is 0 Å². The van der Waals surface area contributed by atoms with Crippen molar-refractivity contribution >= 4 is 17.3 Å². The van der Waals surface area contributed by atoms with E-state index in [0.717, 1.165) is 0 Å². The van der Waals surface area contributed by atoms with Crippen LogP contribution in [-0.2, 0) is 0 Å². The summed E-state index contributed by atoms with van der Waals surface area (Å²) in [5, 5.41) is -0.111. The molecule has 0 bridgehead atoms. The molecule has 56 valence electrons. The van der Waals surface area contributed by atoms with Crippen LogP contribution in [-0.4, -0.2) is 0 Å². The van der Waals surface area contributed by atoms with Crippen molar-refractivity contribution in [1.82, 2.24) is 0 Å². The minimum atomic E-state index is -0.630. The summed E-state index contributed by atoms with van der Waals surface area (Å²) in [4.78, 5) is 0. The van der Waals surface area contributed by atoms with Gasteiger partial charge < -0.3 is 5.73 Å². The summed E-state index contributed by atoms with van der Waals surface area (Å²) >= 11 is 5.47. The average Bonchev–Trinajstić information content (AvgIpc) is 2.01. The van der Waals surface area contributed by atoms with Gasteiger partial charge in [-0.25, -0.2) is 4.39 Å². The second-order valence-electron chi connectivity index (χ2n) is 1.97. The summed E-state index contributed by atoms with van der Waals surface area (Å²) < 4.78 is 12.9. The lowest BCUT2D eigenvalue weighted by molar-refractivity contribution is 0.625. The van der Waals surface area contributed by atoms with Gasteiger partial charge >= 0.3 is 0 Å². The average molecular weight is 170 g/mol. The zero-order chi connectivity index (χ0) is 8.43. The molecule has 0 unspecified atom stereocenters. The van der Waals surface area contributed by atoms with Gasteiger partial charge in [0, 0.05) is 0 Å². The first kappa shape index (κ1) is 7.90. The SMILES string of the molecule is C#Cc1ccc(N)c(Cl)c1F. The third-order valence-corrected chi connectivity index (χ3v) is 1.65. The van der Waals surface area contributed by atoms with Crippen molar-refractivity contribution in [1.29, 1.82) is 0 Å². The highest BCUT2D eigenvalue weighted by Crippen LogP contribution is 2.24. The van der Waals surface area contributed by atoms with Crippen LogP contribution in [0.4, 0.5) is 10.1 Å². The van der Waals surface area contributed by atoms with E-state index in [1.807, 2.05) is 0 Å². The molecular weight excluding hydrogens is 165 g/mol. The summed E-state index contributed by atoms with van der Waals surface area (Å²) in [5.41, 5.74) is 5.63. The molecule has 0 amide bonds. The number of nitrogens with two attached hydrogens (primary N) is 1. The molecule has 0 aliphatic rings. The first-order valence-corrected chi connectivity index (χ1v) is 3.24. The van der Waals surface area contributed by atoms with E-state index in [1.165, 1.54) is 12.1 Å². The van der Waals surface area contributed by atoms with Gasteiger partial charge in [0.15, 0.2) is 5.82 Å². The van der Waals surface area contributed by atoms with Crippen LogP contribution in [0.25, 0.3) is 0 Å². The largest absolute Gasteiger partial charge is 0.397 e. The van der Waals surface area contributed by atoms with Gasteiger partial charge in [0.1, 0.15) is 5.02 Å². The Morgan fingerprint density at radius 2 is 2.18 bits per heavy atom. The van der Waals surface area contributed by atoms with Crippen molar-refractivity contribution in [3.05, 3.63) is 28.5 Å². The van der Waals surface area contributed by atoms with Crippen LogP contribution in [0.15, 0.2) is 12.1 Å². The highest BCUT2D eigenvalue weighted by Gasteiger charge is 2.06. The van der Waals surface area contributed by atoms with E-state index in [-0.39, 0.29) is 16.3 Å². The molecule has 1 nitrogen and oxygen atoms in total. The maximum atomic E-state index is 12.9. The van der Waals surface area contributed by atoms with Crippen LogP contribution in [0.2, 0.25) is 5.02 Å². The molecule has 1 aromatic carbocycles. The fraction of sp³-hybridized carbons (Fsp3) is 0. The van der Waals surface area contributed by atoms with Gasteiger partial charge in [-0.05, 0) is 12.1 Å². The van der Waals surface area contributed by atoms with Gasteiger partial charge in [0.25, 0.3) is 0 Å². The van der Waals surface area contributed by atoms with Crippen LogP contribution in [0.3, 0.4) is 0 Å². The summed E-state index contributed by atoms with van der Waals surface area (Å²) in [5.74, 6) is 1.52. The Morgan fingerprint density at radius 1 is 1.55 bits per heavy atom. The van der Waals surface area contributed by atoms with Crippen molar-refractivity contribution in [2.45, 2.75) is 0 Å². The molecule has 0 spiro atoms. The van der Waals surface area contributed by atoms with Crippen LogP contribution in [0.1, 0.15) is 5.56 Å². The summed E-state index contributed by atoms with van der Waals surface area (Å²) in [6.07, 6.45) is 4.98. The Kier molecular flexibility index (Phi) is 2.02. The van der Waals surface area contributed by atoms with E-state index < -0.39 is 5.82 Å². The molecule has 0 radical (unpaired) electrons. The number of benzene rings is 1. The number of nitrogen functional groups attached to an aromatic ring is 1. The molecule has 0 atom stereocenters. The quantitative estimate of drug-likeness (QED) is 0.467. The first-order valence-electron chi connectivity index (χ1n) is 2.87.